The molecule has 0 spiro atoms. The molecule has 5 nitrogen and oxygen atoms in total. The molecule has 0 aliphatic rings. The molecule has 8 heteroatoms. The topological polar surface area (TPSA) is 106 Å². The number of terminal acetylenes is 1. The third-order valence-corrected chi connectivity index (χ3v) is 0.878. The summed E-state index contributed by atoms with van der Waals surface area (Å²) >= 11 is 0. The summed E-state index contributed by atoms with van der Waals surface area (Å²) in [6.07, 6.45) is -0.180. The van der Waals surface area contributed by atoms with Crippen molar-refractivity contribution < 1.29 is 27.9 Å². The summed E-state index contributed by atoms with van der Waals surface area (Å²) in [5.41, 5.74) is 9.89. The quantitative estimate of drug-likeness (QED) is 0.549. The van der Waals surface area contributed by atoms with E-state index in [2.05, 4.69) is 5.92 Å². The van der Waals surface area contributed by atoms with Gasteiger partial charge >= 0.3 is 12.1 Å². The second kappa shape index (κ2) is 6.67. The molecular weight excluding hydrogens is 217 g/mol. The number of rotatable bonds is 2. The fourth-order valence-electron chi connectivity index (χ4n) is 0.276. The van der Waals surface area contributed by atoms with Gasteiger partial charge in [0.1, 0.15) is 0 Å². The van der Waals surface area contributed by atoms with Crippen LogP contribution >= 0.6 is 0 Å². The van der Waals surface area contributed by atoms with Gasteiger partial charge in [0, 0.05) is 0 Å². The van der Waals surface area contributed by atoms with E-state index in [1.165, 1.54) is 0 Å². The molecule has 0 bridgehead atoms. The van der Waals surface area contributed by atoms with Crippen molar-refractivity contribution in [1.82, 2.24) is 0 Å². The maximum absolute atomic E-state index is 10.6. The zero-order valence-electron chi connectivity index (χ0n) is 7.41. The summed E-state index contributed by atoms with van der Waals surface area (Å²) in [7, 11) is 0. The minimum Gasteiger partial charge on any atom is -0.475 e. The van der Waals surface area contributed by atoms with Crippen LogP contribution in [0, 0.1) is 12.3 Å². The Morgan fingerprint density at radius 3 is 1.87 bits per heavy atom. The summed E-state index contributed by atoms with van der Waals surface area (Å²) < 4.78 is 31.7. The second-order valence-electron chi connectivity index (χ2n) is 2.25. The van der Waals surface area contributed by atoms with Crippen LogP contribution in [0.25, 0.3) is 0 Å². The third kappa shape index (κ3) is 12.2. The fraction of sp³-hybridized carbons (Fsp3) is 0.429. The summed E-state index contributed by atoms with van der Waals surface area (Å²) in [5, 5.41) is 7.12. The number of hydrogen-bond acceptors (Lipinski definition) is 3. The lowest BCUT2D eigenvalue weighted by Crippen LogP contribution is -2.25. The molecule has 0 fully saturated rings. The summed E-state index contributed by atoms with van der Waals surface area (Å²) in [6.45, 7) is 0. The normalized spacial score (nSPS) is 11.7. The minimum atomic E-state index is -5.08. The van der Waals surface area contributed by atoms with Gasteiger partial charge < -0.3 is 16.6 Å². The van der Waals surface area contributed by atoms with E-state index in [0.29, 0.717) is 0 Å². The summed E-state index contributed by atoms with van der Waals surface area (Å²) in [5.74, 6) is -1.05. The average molecular weight is 226 g/mol. The van der Waals surface area contributed by atoms with E-state index in [9.17, 15) is 18.0 Å². The van der Waals surface area contributed by atoms with E-state index in [0.717, 1.165) is 0 Å². The van der Waals surface area contributed by atoms with Crippen molar-refractivity contribution in [1.29, 1.82) is 0 Å². The standard InChI is InChI=1S/C5H8N2O.C2HF3O2/c1-2-4(6)3-5(7)8;3-2(4,5)1(6)7/h1,4H,3,6H2,(H2,7,8);(H,6,7)/t4-;/m1./s1. The number of carbonyl (C=O) groups excluding carboxylic acids is 1. The maximum atomic E-state index is 10.6. The van der Waals surface area contributed by atoms with Gasteiger partial charge in [0.25, 0.3) is 0 Å². The molecule has 0 aromatic heterocycles. The van der Waals surface area contributed by atoms with Crippen molar-refractivity contribution in [3.05, 3.63) is 0 Å². The van der Waals surface area contributed by atoms with E-state index in [1.807, 2.05) is 0 Å². The van der Waals surface area contributed by atoms with Crippen molar-refractivity contribution in [2.24, 2.45) is 11.5 Å². The molecule has 0 radical (unpaired) electrons. The monoisotopic (exact) mass is 226 g/mol. The second-order valence-corrected chi connectivity index (χ2v) is 2.25. The molecule has 0 heterocycles. The van der Waals surface area contributed by atoms with Gasteiger partial charge in [-0.05, 0) is 0 Å². The molecule has 0 rings (SSSR count). The molecule has 15 heavy (non-hydrogen) atoms. The Morgan fingerprint density at radius 2 is 1.80 bits per heavy atom. The highest BCUT2D eigenvalue weighted by Gasteiger charge is 2.38. The highest BCUT2D eigenvalue weighted by molar-refractivity contribution is 5.74. The van der Waals surface area contributed by atoms with Gasteiger partial charge in [-0.2, -0.15) is 13.2 Å². The zero-order valence-corrected chi connectivity index (χ0v) is 7.41. The average Bonchev–Trinajstić information content (AvgIpc) is 2.02. The molecule has 1 amide bonds. The van der Waals surface area contributed by atoms with Crippen molar-refractivity contribution >= 4 is 11.9 Å². The van der Waals surface area contributed by atoms with Crippen LogP contribution in [0.2, 0.25) is 0 Å². The zero-order chi connectivity index (χ0) is 12.6. The Bertz CT molecular complexity index is 270. The first-order valence-corrected chi connectivity index (χ1v) is 3.41. The summed E-state index contributed by atoms with van der Waals surface area (Å²) in [4.78, 5) is 18.9. The number of halogens is 3. The highest BCUT2D eigenvalue weighted by atomic mass is 19.4. The van der Waals surface area contributed by atoms with Crippen molar-refractivity contribution in [3.63, 3.8) is 0 Å². The highest BCUT2D eigenvalue weighted by Crippen LogP contribution is 2.13. The first-order valence-electron chi connectivity index (χ1n) is 3.41. The van der Waals surface area contributed by atoms with Gasteiger partial charge in [-0.3, -0.25) is 4.79 Å². The number of amides is 1. The van der Waals surface area contributed by atoms with E-state index >= 15 is 0 Å². The lowest BCUT2D eigenvalue weighted by atomic mass is 10.2. The van der Waals surface area contributed by atoms with Crippen LogP contribution in [0.5, 0.6) is 0 Å². The molecule has 86 valence electrons. The smallest absolute Gasteiger partial charge is 0.475 e. The maximum Gasteiger partial charge on any atom is 0.490 e. The van der Waals surface area contributed by atoms with Gasteiger partial charge in [0.2, 0.25) is 5.91 Å². The molecule has 0 aliphatic carbocycles. The lowest BCUT2D eigenvalue weighted by molar-refractivity contribution is -0.192. The lowest BCUT2D eigenvalue weighted by Gasteiger charge is -1.95. The van der Waals surface area contributed by atoms with Gasteiger partial charge in [-0.15, -0.1) is 6.42 Å². The van der Waals surface area contributed by atoms with Crippen molar-refractivity contribution in [3.8, 4) is 12.3 Å². The van der Waals surface area contributed by atoms with E-state index in [4.69, 9.17) is 27.8 Å². The number of primary amides is 1. The van der Waals surface area contributed by atoms with Gasteiger partial charge in [-0.1, -0.05) is 5.92 Å². The molecule has 5 N–H and O–H groups in total. The van der Waals surface area contributed by atoms with Crippen molar-refractivity contribution in [2.45, 2.75) is 18.6 Å². The van der Waals surface area contributed by atoms with E-state index in [-0.39, 0.29) is 6.42 Å². The molecule has 0 saturated carbocycles. The SMILES string of the molecule is C#C[C@@H](N)CC(N)=O.O=C(O)C(F)(F)F. The van der Waals surface area contributed by atoms with Crippen LogP contribution in [-0.4, -0.2) is 29.2 Å². The fourth-order valence-corrected chi connectivity index (χ4v) is 0.276. The number of hydrogen-bond donors (Lipinski definition) is 3. The Balaban J connectivity index is 0. The number of nitrogens with two attached hydrogens (primary N) is 2. The largest absolute Gasteiger partial charge is 0.490 e. The van der Waals surface area contributed by atoms with E-state index in [1.54, 1.807) is 0 Å². The Morgan fingerprint density at radius 1 is 1.47 bits per heavy atom. The van der Waals surface area contributed by atoms with Gasteiger partial charge in [0.15, 0.2) is 0 Å². The van der Waals surface area contributed by atoms with Crippen LogP contribution in [0.3, 0.4) is 0 Å². The number of carboxylic acids is 1. The van der Waals surface area contributed by atoms with Crippen LogP contribution < -0.4 is 11.5 Å². The molecule has 1 atom stereocenters. The molecule has 0 unspecified atom stereocenters. The van der Waals surface area contributed by atoms with Crippen LogP contribution in [-0.2, 0) is 9.59 Å². The number of alkyl halides is 3. The number of carbonyl (C=O) groups is 2. The Kier molecular flexibility index (Phi) is 6.98. The molecule has 0 aliphatic heterocycles. The van der Waals surface area contributed by atoms with Crippen molar-refractivity contribution in [2.75, 3.05) is 0 Å². The number of carboxylic acid groups (broad SMARTS) is 1. The summed E-state index contributed by atoms with van der Waals surface area (Å²) in [6, 6.07) is -0.521. The number of aliphatic carboxylic acids is 1. The predicted octanol–water partition coefficient (Wildman–Crippen LogP) is -0.544. The van der Waals surface area contributed by atoms with Crippen LogP contribution in [0.15, 0.2) is 0 Å². The molecular formula is C7H9F3N2O3. The Labute approximate surface area is 83.2 Å². The third-order valence-electron chi connectivity index (χ3n) is 0.878. The van der Waals surface area contributed by atoms with Crippen LogP contribution in [0.4, 0.5) is 13.2 Å². The van der Waals surface area contributed by atoms with E-state index < -0.39 is 24.1 Å². The first-order chi connectivity index (χ1) is 6.61. The Hall–Kier alpha value is -1.75. The first kappa shape index (κ1) is 15.7. The minimum absolute atomic E-state index is 0.0660. The molecule has 0 saturated heterocycles. The molecule has 0 aromatic carbocycles. The predicted molar refractivity (Wildman–Crippen MR) is 44.3 cm³/mol. The van der Waals surface area contributed by atoms with Crippen LogP contribution in [0.1, 0.15) is 6.42 Å². The van der Waals surface area contributed by atoms with Gasteiger partial charge in [0.05, 0.1) is 12.5 Å². The molecule has 0 aromatic rings. The van der Waals surface area contributed by atoms with Gasteiger partial charge in [-0.25, -0.2) is 4.79 Å².